The second kappa shape index (κ2) is 11.7. The Kier molecular flexibility index (Phi) is 8.86. The maximum atomic E-state index is 13.8. The fraction of sp³-hybridized carbons (Fsp3) is 0.360. The molecule has 0 bridgehead atoms. The summed E-state index contributed by atoms with van der Waals surface area (Å²) in [6.45, 7) is 3.19. The standard InChI is InChI=1S/C25H25ClF4N4O8S2/c1-13-22(14(2)42-33-13)43(36,37)31-11-16-12-34(44(38,39)17-6-7-19(27)18(26)10-17)20-9-15(5-8-21(20)40-16)32-23(35)41-24(3,4)25(28,29)30/h5-10,16,31H,11-12H2,1-4H3,(H,32,35). The molecule has 12 nitrogen and oxygen atoms in total. The number of benzene rings is 2. The quantitative estimate of drug-likeness (QED) is 0.315. The van der Waals surface area contributed by atoms with E-state index in [0.717, 1.165) is 28.6 Å². The first-order valence-corrected chi connectivity index (χ1v) is 15.8. The van der Waals surface area contributed by atoms with Crippen molar-refractivity contribution in [1.29, 1.82) is 0 Å². The summed E-state index contributed by atoms with van der Waals surface area (Å²) >= 11 is 5.82. The monoisotopic (exact) mass is 684 g/mol. The Balaban J connectivity index is 1.67. The lowest BCUT2D eigenvalue weighted by Gasteiger charge is -2.36. The highest BCUT2D eigenvalue weighted by molar-refractivity contribution is 7.92. The largest absolute Gasteiger partial charge is 0.485 e. The molecule has 1 unspecified atom stereocenters. The third-order valence-electron chi connectivity index (χ3n) is 6.38. The van der Waals surface area contributed by atoms with Gasteiger partial charge in [-0.1, -0.05) is 16.8 Å². The smallest absolute Gasteiger partial charge is 0.427 e. The van der Waals surface area contributed by atoms with Crippen molar-refractivity contribution in [2.75, 3.05) is 22.7 Å². The summed E-state index contributed by atoms with van der Waals surface area (Å²) in [7, 11) is -8.72. The number of aromatic nitrogens is 1. The number of halogens is 5. The average molecular weight is 685 g/mol. The van der Waals surface area contributed by atoms with Crippen molar-refractivity contribution in [3.8, 4) is 5.75 Å². The van der Waals surface area contributed by atoms with Gasteiger partial charge in [-0.3, -0.25) is 9.62 Å². The molecule has 1 aromatic heterocycles. The van der Waals surface area contributed by atoms with Crippen molar-refractivity contribution in [1.82, 2.24) is 9.88 Å². The predicted molar refractivity (Wildman–Crippen MR) is 148 cm³/mol. The molecule has 0 spiro atoms. The molecule has 240 valence electrons. The number of alkyl halides is 3. The second-order valence-electron chi connectivity index (χ2n) is 10.1. The van der Waals surface area contributed by atoms with Crippen molar-refractivity contribution in [3.05, 3.63) is 58.7 Å². The fourth-order valence-electron chi connectivity index (χ4n) is 4.05. The van der Waals surface area contributed by atoms with Gasteiger partial charge in [0.1, 0.15) is 28.3 Å². The molecule has 1 aliphatic heterocycles. The minimum atomic E-state index is -4.88. The van der Waals surface area contributed by atoms with Crippen LogP contribution in [0, 0.1) is 19.7 Å². The number of rotatable bonds is 8. The van der Waals surface area contributed by atoms with Gasteiger partial charge in [0, 0.05) is 12.2 Å². The number of ether oxygens (including phenoxy) is 2. The van der Waals surface area contributed by atoms with Crippen molar-refractivity contribution in [3.63, 3.8) is 0 Å². The van der Waals surface area contributed by atoms with Crippen LogP contribution in [0.15, 0.2) is 50.7 Å². The summed E-state index contributed by atoms with van der Waals surface area (Å²) in [6.07, 6.45) is -7.48. The second-order valence-corrected chi connectivity index (χ2v) is 14.0. The number of fused-ring (bicyclic) bond motifs is 1. The normalized spacial score (nSPS) is 15.8. The maximum absolute atomic E-state index is 13.8. The summed E-state index contributed by atoms with van der Waals surface area (Å²) in [5, 5.41) is 5.24. The molecule has 1 aliphatic rings. The summed E-state index contributed by atoms with van der Waals surface area (Å²) in [5.41, 5.74) is -3.08. The number of anilines is 2. The van der Waals surface area contributed by atoms with Crippen LogP contribution in [0.2, 0.25) is 5.02 Å². The highest BCUT2D eigenvalue weighted by atomic mass is 35.5. The summed E-state index contributed by atoms with van der Waals surface area (Å²) in [5.74, 6) is -0.949. The van der Waals surface area contributed by atoms with Gasteiger partial charge in [-0.15, -0.1) is 0 Å². The lowest BCUT2D eigenvalue weighted by molar-refractivity contribution is -0.242. The summed E-state index contributed by atoms with van der Waals surface area (Å²) < 4.78 is 125. The van der Waals surface area contributed by atoms with Gasteiger partial charge in [-0.2, -0.15) is 13.2 Å². The molecule has 0 saturated carbocycles. The SMILES string of the molecule is Cc1noc(C)c1S(=O)(=O)NCC1CN(S(=O)(=O)c2ccc(F)c(Cl)c2)c2cc(NC(=O)OC(C)(C)C(F)(F)F)ccc2O1. The van der Waals surface area contributed by atoms with Gasteiger partial charge in [0.15, 0.2) is 5.76 Å². The molecule has 19 heteroatoms. The van der Waals surface area contributed by atoms with Crippen molar-refractivity contribution in [2.45, 2.75) is 55.4 Å². The number of carbonyl (C=O) groups is 1. The third-order valence-corrected chi connectivity index (χ3v) is 10.1. The van der Waals surface area contributed by atoms with Gasteiger partial charge in [0.25, 0.3) is 10.0 Å². The van der Waals surface area contributed by atoms with Crippen LogP contribution in [-0.4, -0.2) is 59.1 Å². The lowest BCUT2D eigenvalue weighted by Crippen LogP contribution is -2.48. The highest BCUT2D eigenvalue weighted by Gasteiger charge is 2.51. The molecule has 3 aromatic rings. The van der Waals surface area contributed by atoms with Crippen molar-refractivity contribution in [2.24, 2.45) is 0 Å². The van der Waals surface area contributed by atoms with Crippen LogP contribution in [-0.2, 0) is 24.8 Å². The first-order chi connectivity index (χ1) is 20.2. The molecule has 2 aromatic carbocycles. The van der Waals surface area contributed by atoms with Crippen LogP contribution in [0.1, 0.15) is 25.3 Å². The number of amides is 1. The number of hydrogen-bond acceptors (Lipinski definition) is 9. The number of hydrogen-bond donors (Lipinski definition) is 2. The molecule has 0 saturated heterocycles. The fourth-order valence-corrected chi connectivity index (χ4v) is 7.22. The third kappa shape index (κ3) is 6.72. The average Bonchev–Trinajstić information content (AvgIpc) is 3.26. The van der Waals surface area contributed by atoms with E-state index >= 15 is 0 Å². The molecule has 4 rings (SSSR count). The van der Waals surface area contributed by atoms with E-state index in [2.05, 4.69) is 19.9 Å². The Labute approximate surface area is 254 Å². The molecular formula is C25H25ClF4N4O8S2. The molecule has 44 heavy (non-hydrogen) atoms. The van der Waals surface area contributed by atoms with Crippen molar-refractivity contribution < 1.29 is 53.2 Å². The van der Waals surface area contributed by atoms with Crippen molar-refractivity contribution >= 4 is 49.1 Å². The number of nitrogens with zero attached hydrogens (tertiary/aromatic N) is 2. The zero-order chi connectivity index (χ0) is 32.8. The van der Waals surface area contributed by atoms with Crippen LogP contribution in [0.3, 0.4) is 0 Å². The van der Waals surface area contributed by atoms with Gasteiger partial charge in [0.05, 0.1) is 22.2 Å². The van der Waals surface area contributed by atoms with Crippen LogP contribution in [0.5, 0.6) is 5.75 Å². The summed E-state index contributed by atoms with van der Waals surface area (Å²) in [6, 6.07) is 6.19. The lowest BCUT2D eigenvalue weighted by atomic mass is 10.1. The van der Waals surface area contributed by atoms with Crippen LogP contribution in [0.4, 0.5) is 33.7 Å². The van der Waals surface area contributed by atoms with Gasteiger partial charge >= 0.3 is 12.3 Å². The van der Waals surface area contributed by atoms with Crippen LogP contribution < -0.4 is 19.1 Å². The van der Waals surface area contributed by atoms with E-state index in [9.17, 15) is 39.2 Å². The molecule has 1 amide bonds. The minimum Gasteiger partial charge on any atom is -0.485 e. The first kappa shape index (κ1) is 33.3. The van der Waals surface area contributed by atoms with E-state index in [1.54, 1.807) is 0 Å². The Hall–Kier alpha value is -3.61. The van der Waals surface area contributed by atoms with Crippen LogP contribution in [0.25, 0.3) is 0 Å². The predicted octanol–water partition coefficient (Wildman–Crippen LogP) is 4.91. The van der Waals surface area contributed by atoms with Crippen LogP contribution >= 0.6 is 11.6 Å². The zero-order valence-electron chi connectivity index (χ0n) is 23.3. The van der Waals surface area contributed by atoms with E-state index in [1.807, 2.05) is 0 Å². The number of carbonyl (C=O) groups excluding carboxylic acids is 1. The molecule has 0 radical (unpaired) electrons. The maximum Gasteiger partial charge on any atom is 0.427 e. The molecule has 0 aliphatic carbocycles. The molecule has 2 N–H and O–H groups in total. The van der Waals surface area contributed by atoms with E-state index in [-0.39, 0.29) is 33.5 Å². The molecule has 1 atom stereocenters. The molecule has 0 fully saturated rings. The molecular weight excluding hydrogens is 660 g/mol. The van der Waals surface area contributed by atoms with E-state index < -0.39 is 72.8 Å². The van der Waals surface area contributed by atoms with Gasteiger partial charge in [-0.05, 0) is 64.1 Å². The Morgan fingerprint density at radius 1 is 1.14 bits per heavy atom. The highest BCUT2D eigenvalue weighted by Crippen LogP contribution is 2.40. The number of nitrogens with one attached hydrogen (secondary N) is 2. The van der Waals surface area contributed by atoms with Gasteiger partial charge < -0.3 is 14.0 Å². The minimum absolute atomic E-state index is 0.0273. The van der Waals surface area contributed by atoms with E-state index in [4.69, 9.17) is 20.9 Å². The van der Waals surface area contributed by atoms with Gasteiger partial charge in [-0.25, -0.2) is 30.7 Å². The molecule has 2 heterocycles. The summed E-state index contributed by atoms with van der Waals surface area (Å²) in [4.78, 5) is 11.6. The van der Waals surface area contributed by atoms with E-state index in [0.29, 0.717) is 13.8 Å². The Morgan fingerprint density at radius 3 is 2.41 bits per heavy atom. The van der Waals surface area contributed by atoms with E-state index in [1.165, 1.54) is 26.0 Å². The first-order valence-electron chi connectivity index (χ1n) is 12.5. The zero-order valence-corrected chi connectivity index (χ0v) is 25.7. The van der Waals surface area contributed by atoms with Gasteiger partial charge in [0.2, 0.25) is 15.6 Å². The number of aryl methyl sites for hydroxylation is 2. The Bertz CT molecular complexity index is 1790. The topological polar surface area (TPSA) is 157 Å². The number of sulfonamides is 2. The Morgan fingerprint density at radius 2 is 1.82 bits per heavy atom.